The Morgan fingerprint density at radius 1 is 1.05 bits per heavy atom. The number of para-hydroxylation sites is 1. The Morgan fingerprint density at radius 3 is 2.44 bits per heavy atom. The van der Waals surface area contributed by atoms with Crippen LogP contribution in [0.25, 0.3) is 22.2 Å². The van der Waals surface area contributed by atoms with E-state index in [0.717, 1.165) is 5.56 Å². The van der Waals surface area contributed by atoms with E-state index in [0.29, 0.717) is 72.9 Å². The SMILES string of the molecule is CCN(CC)C(=O)c1ccc(Nc2nc3cccc(-c4cc(F)c(CN5CCOCC5)c(F)c4)c3o2)cc1C. The fraction of sp³-hybridized carbons (Fsp3) is 0.333. The second-order valence-electron chi connectivity index (χ2n) is 9.61. The van der Waals surface area contributed by atoms with Gasteiger partial charge in [0.05, 0.1) is 13.2 Å². The highest BCUT2D eigenvalue weighted by molar-refractivity contribution is 5.96. The largest absolute Gasteiger partial charge is 0.423 e. The minimum atomic E-state index is -0.596. The van der Waals surface area contributed by atoms with Crippen molar-refractivity contribution < 1.29 is 22.7 Å². The number of morpholine rings is 1. The van der Waals surface area contributed by atoms with E-state index in [-0.39, 0.29) is 24.0 Å². The second kappa shape index (κ2) is 11.5. The fourth-order valence-corrected chi connectivity index (χ4v) is 4.91. The van der Waals surface area contributed by atoms with Gasteiger partial charge in [-0.25, -0.2) is 8.78 Å². The van der Waals surface area contributed by atoms with Crippen molar-refractivity contribution in [2.24, 2.45) is 0 Å². The first-order valence-electron chi connectivity index (χ1n) is 13.2. The maximum atomic E-state index is 15.1. The lowest BCUT2D eigenvalue weighted by Gasteiger charge is -2.26. The van der Waals surface area contributed by atoms with Crippen LogP contribution in [0.1, 0.15) is 35.3 Å². The van der Waals surface area contributed by atoms with Crippen LogP contribution in [-0.4, -0.2) is 60.1 Å². The number of ether oxygens (including phenoxy) is 1. The molecule has 39 heavy (non-hydrogen) atoms. The molecule has 0 unspecified atom stereocenters. The molecule has 9 heteroatoms. The van der Waals surface area contributed by atoms with Gasteiger partial charge >= 0.3 is 0 Å². The Kier molecular flexibility index (Phi) is 7.90. The molecule has 204 valence electrons. The van der Waals surface area contributed by atoms with Crippen LogP contribution in [0, 0.1) is 18.6 Å². The molecule has 1 N–H and O–H groups in total. The van der Waals surface area contributed by atoms with Crippen LogP contribution in [-0.2, 0) is 11.3 Å². The van der Waals surface area contributed by atoms with Crippen molar-refractivity contribution >= 4 is 28.7 Å². The molecule has 2 heterocycles. The monoisotopic (exact) mass is 534 g/mol. The lowest BCUT2D eigenvalue weighted by Crippen LogP contribution is -2.36. The average Bonchev–Trinajstić information content (AvgIpc) is 3.34. The number of aryl methyl sites for hydroxylation is 1. The van der Waals surface area contributed by atoms with Crippen molar-refractivity contribution in [2.45, 2.75) is 27.3 Å². The molecule has 5 rings (SSSR count). The summed E-state index contributed by atoms with van der Waals surface area (Å²) in [5.74, 6) is -1.20. The van der Waals surface area contributed by atoms with Gasteiger partial charge in [0.1, 0.15) is 17.2 Å². The predicted molar refractivity (Wildman–Crippen MR) is 147 cm³/mol. The van der Waals surface area contributed by atoms with E-state index in [1.54, 1.807) is 35.2 Å². The normalized spacial score (nSPS) is 14.1. The lowest BCUT2D eigenvalue weighted by molar-refractivity contribution is 0.0332. The van der Waals surface area contributed by atoms with Crippen molar-refractivity contribution in [3.8, 4) is 11.1 Å². The van der Waals surface area contributed by atoms with Gasteiger partial charge in [0, 0.05) is 55.1 Å². The van der Waals surface area contributed by atoms with Crippen LogP contribution >= 0.6 is 0 Å². The number of hydrogen-bond donors (Lipinski definition) is 1. The van der Waals surface area contributed by atoms with Crippen LogP contribution in [0.4, 0.5) is 20.5 Å². The number of benzene rings is 3. The Balaban J connectivity index is 1.40. The van der Waals surface area contributed by atoms with Gasteiger partial charge in [0.2, 0.25) is 0 Å². The smallest absolute Gasteiger partial charge is 0.300 e. The van der Waals surface area contributed by atoms with Gasteiger partial charge in [0.15, 0.2) is 5.58 Å². The predicted octanol–water partition coefficient (Wildman–Crippen LogP) is 6.14. The van der Waals surface area contributed by atoms with Crippen molar-refractivity contribution in [3.63, 3.8) is 0 Å². The molecule has 0 bridgehead atoms. The highest BCUT2D eigenvalue weighted by Gasteiger charge is 2.20. The third-order valence-corrected chi connectivity index (χ3v) is 7.11. The van der Waals surface area contributed by atoms with Crippen molar-refractivity contribution in [1.29, 1.82) is 0 Å². The van der Waals surface area contributed by atoms with E-state index in [2.05, 4.69) is 10.3 Å². The molecular formula is C30H32F2N4O3. The number of halogens is 2. The zero-order valence-corrected chi connectivity index (χ0v) is 22.4. The molecule has 1 fully saturated rings. The zero-order chi connectivity index (χ0) is 27.5. The molecule has 0 aliphatic carbocycles. The first-order valence-corrected chi connectivity index (χ1v) is 13.2. The molecule has 1 aliphatic rings. The van der Waals surface area contributed by atoms with Gasteiger partial charge in [-0.3, -0.25) is 9.69 Å². The summed E-state index contributed by atoms with van der Waals surface area (Å²) in [7, 11) is 0. The third-order valence-electron chi connectivity index (χ3n) is 7.11. The van der Waals surface area contributed by atoms with Gasteiger partial charge in [0.25, 0.3) is 11.9 Å². The van der Waals surface area contributed by atoms with Crippen LogP contribution in [0.15, 0.2) is 52.9 Å². The number of carbonyl (C=O) groups is 1. The molecule has 7 nitrogen and oxygen atoms in total. The van der Waals surface area contributed by atoms with Crippen molar-refractivity contribution in [3.05, 3.63) is 76.9 Å². The standard InChI is InChI=1S/C30H32F2N4O3/c1-4-36(5-2)29(37)22-10-9-21(15-19(22)3)33-30-34-27-8-6-7-23(28(27)39-30)20-16-25(31)24(26(32)17-20)18-35-11-13-38-14-12-35/h6-10,15-17H,4-5,11-14,18H2,1-3H3,(H,33,34). The first kappa shape index (κ1) is 26.8. The number of hydrogen-bond acceptors (Lipinski definition) is 6. The van der Waals surface area contributed by atoms with Crippen molar-refractivity contribution in [2.75, 3.05) is 44.7 Å². The Labute approximate surface area is 226 Å². The summed E-state index contributed by atoms with van der Waals surface area (Å²) in [5.41, 5.74) is 4.12. The van der Waals surface area contributed by atoms with E-state index in [9.17, 15) is 4.79 Å². The quantitative estimate of drug-likeness (QED) is 0.293. The molecule has 1 aromatic heterocycles. The molecule has 0 spiro atoms. The molecule has 0 radical (unpaired) electrons. The topological polar surface area (TPSA) is 70.8 Å². The molecule has 4 aromatic rings. The molecule has 0 atom stereocenters. The van der Waals surface area contributed by atoms with Gasteiger partial charge in [-0.05, 0) is 68.3 Å². The highest BCUT2D eigenvalue weighted by Crippen LogP contribution is 2.34. The van der Waals surface area contributed by atoms with E-state index in [1.807, 2.05) is 31.7 Å². The van der Waals surface area contributed by atoms with Crippen LogP contribution < -0.4 is 5.32 Å². The minimum absolute atomic E-state index is 0.00835. The number of amides is 1. The number of nitrogens with zero attached hydrogens (tertiary/aromatic N) is 3. The summed E-state index contributed by atoms with van der Waals surface area (Å²) in [6.07, 6.45) is 0. The van der Waals surface area contributed by atoms with Gasteiger partial charge in [-0.15, -0.1) is 0 Å². The Hall–Kier alpha value is -3.82. The number of nitrogens with one attached hydrogen (secondary N) is 1. The number of carbonyl (C=O) groups excluding carboxylic acids is 1. The van der Waals surface area contributed by atoms with E-state index in [1.165, 1.54) is 12.1 Å². The van der Waals surface area contributed by atoms with E-state index in [4.69, 9.17) is 9.15 Å². The number of aromatic nitrogens is 1. The van der Waals surface area contributed by atoms with E-state index < -0.39 is 11.6 Å². The zero-order valence-electron chi connectivity index (χ0n) is 22.4. The molecule has 3 aromatic carbocycles. The minimum Gasteiger partial charge on any atom is -0.423 e. The molecule has 1 saturated heterocycles. The number of rotatable bonds is 8. The van der Waals surface area contributed by atoms with Crippen LogP contribution in [0.3, 0.4) is 0 Å². The number of oxazole rings is 1. The highest BCUT2D eigenvalue weighted by atomic mass is 19.1. The van der Waals surface area contributed by atoms with Gasteiger partial charge in [-0.1, -0.05) is 12.1 Å². The summed E-state index contributed by atoms with van der Waals surface area (Å²) < 4.78 is 41.5. The first-order chi connectivity index (χ1) is 18.9. The van der Waals surface area contributed by atoms with E-state index >= 15 is 8.78 Å². The summed E-state index contributed by atoms with van der Waals surface area (Å²) in [6, 6.07) is 13.7. The third kappa shape index (κ3) is 5.65. The second-order valence-corrected chi connectivity index (χ2v) is 9.61. The molecule has 1 aliphatic heterocycles. The Morgan fingerprint density at radius 2 is 1.77 bits per heavy atom. The summed E-state index contributed by atoms with van der Waals surface area (Å²) >= 11 is 0. The number of fused-ring (bicyclic) bond motifs is 1. The summed E-state index contributed by atoms with van der Waals surface area (Å²) in [5, 5.41) is 3.15. The summed E-state index contributed by atoms with van der Waals surface area (Å²) in [6.45, 7) is 9.68. The molecular weight excluding hydrogens is 502 g/mol. The molecule has 0 saturated carbocycles. The number of anilines is 2. The van der Waals surface area contributed by atoms with Gasteiger partial charge in [-0.2, -0.15) is 4.98 Å². The molecule has 1 amide bonds. The maximum Gasteiger partial charge on any atom is 0.300 e. The summed E-state index contributed by atoms with van der Waals surface area (Å²) in [4.78, 5) is 21.0. The van der Waals surface area contributed by atoms with Crippen molar-refractivity contribution in [1.82, 2.24) is 14.8 Å². The van der Waals surface area contributed by atoms with Crippen LogP contribution in [0.5, 0.6) is 0 Å². The van der Waals surface area contributed by atoms with Crippen LogP contribution in [0.2, 0.25) is 0 Å². The average molecular weight is 535 g/mol. The Bertz CT molecular complexity index is 1470. The lowest BCUT2D eigenvalue weighted by atomic mass is 10.0. The fourth-order valence-electron chi connectivity index (χ4n) is 4.91. The van der Waals surface area contributed by atoms with Gasteiger partial charge < -0.3 is 19.4 Å². The maximum absolute atomic E-state index is 15.1.